The molecule has 9 heteroatoms. The molecule has 0 aliphatic carbocycles. The second-order valence-electron chi connectivity index (χ2n) is 9.51. The van der Waals surface area contributed by atoms with Gasteiger partial charge in [0, 0.05) is 6.61 Å². The molecule has 38 heavy (non-hydrogen) atoms. The summed E-state index contributed by atoms with van der Waals surface area (Å²) in [6, 6.07) is 0. The first kappa shape index (κ1) is 37.6. The van der Waals surface area contributed by atoms with Crippen LogP contribution in [0.2, 0.25) is 0 Å². The van der Waals surface area contributed by atoms with Crippen molar-refractivity contribution in [1.82, 2.24) is 0 Å². The van der Waals surface area contributed by atoms with E-state index in [1.54, 1.807) is 0 Å². The van der Waals surface area contributed by atoms with Crippen LogP contribution in [0.3, 0.4) is 0 Å². The SMILES string of the molecule is CCCCCCCCCCCOCC(C)OCC(C)OCCOCCOCCOCCOCCOCCO. The van der Waals surface area contributed by atoms with Crippen LogP contribution in [0.15, 0.2) is 0 Å². The fourth-order valence-electron chi connectivity index (χ4n) is 3.51. The van der Waals surface area contributed by atoms with Crippen LogP contribution < -0.4 is 0 Å². The van der Waals surface area contributed by atoms with Crippen molar-refractivity contribution in [3.63, 3.8) is 0 Å². The van der Waals surface area contributed by atoms with Gasteiger partial charge in [0.1, 0.15) is 0 Å². The second-order valence-corrected chi connectivity index (χ2v) is 9.51. The number of ether oxygens (including phenoxy) is 8. The molecule has 1 N–H and O–H groups in total. The highest BCUT2D eigenvalue weighted by atomic mass is 16.6. The van der Waals surface area contributed by atoms with Crippen LogP contribution in [-0.2, 0) is 37.9 Å². The van der Waals surface area contributed by atoms with Crippen molar-refractivity contribution in [3.05, 3.63) is 0 Å². The summed E-state index contributed by atoms with van der Waals surface area (Å²) >= 11 is 0. The van der Waals surface area contributed by atoms with E-state index in [1.807, 2.05) is 13.8 Å². The minimum atomic E-state index is 0.0174. The van der Waals surface area contributed by atoms with E-state index >= 15 is 0 Å². The van der Waals surface area contributed by atoms with Crippen molar-refractivity contribution in [2.24, 2.45) is 0 Å². The quantitative estimate of drug-likeness (QED) is 0.119. The molecular weight excluding hydrogens is 492 g/mol. The highest BCUT2D eigenvalue weighted by Crippen LogP contribution is 2.09. The van der Waals surface area contributed by atoms with Gasteiger partial charge in [0.15, 0.2) is 0 Å². The van der Waals surface area contributed by atoms with Gasteiger partial charge in [-0.05, 0) is 20.3 Å². The highest BCUT2D eigenvalue weighted by Gasteiger charge is 2.07. The molecular formula is C29H60O9. The third kappa shape index (κ3) is 31.9. The fourth-order valence-corrected chi connectivity index (χ4v) is 3.51. The largest absolute Gasteiger partial charge is 0.394 e. The van der Waals surface area contributed by atoms with E-state index in [2.05, 4.69) is 6.92 Å². The first-order valence-corrected chi connectivity index (χ1v) is 15.0. The number of aliphatic hydroxyl groups is 1. The maximum Gasteiger partial charge on any atom is 0.0781 e. The van der Waals surface area contributed by atoms with E-state index in [4.69, 9.17) is 43.0 Å². The zero-order valence-corrected chi connectivity index (χ0v) is 24.8. The summed E-state index contributed by atoms with van der Waals surface area (Å²) in [7, 11) is 0. The summed E-state index contributed by atoms with van der Waals surface area (Å²) < 4.78 is 44.2. The molecule has 0 aliphatic rings. The third-order valence-electron chi connectivity index (χ3n) is 5.71. The normalized spacial score (nSPS) is 13.3. The molecule has 0 aromatic carbocycles. The molecule has 0 fully saturated rings. The Morgan fingerprint density at radius 3 is 1.34 bits per heavy atom. The zero-order valence-electron chi connectivity index (χ0n) is 24.8. The van der Waals surface area contributed by atoms with Gasteiger partial charge in [-0.25, -0.2) is 0 Å². The molecule has 0 heterocycles. The van der Waals surface area contributed by atoms with Crippen LogP contribution in [0, 0.1) is 0 Å². The minimum absolute atomic E-state index is 0.0174. The Morgan fingerprint density at radius 1 is 0.421 bits per heavy atom. The van der Waals surface area contributed by atoms with Gasteiger partial charge in [0.2, 0.25) is 0 Å². The lowest BCUT2D eigenvalue weighted by atomic mass is 10.1. The number of rotatable bonds is 33. The van der Waals surface area contributed by atoms with Crippen molar-refractivity contribution in [2.75, 3.05) is 99.1 Å². The van der Waals surface area contributed by atoms with Gasteiger partial charge < -0.3 is 43.0 Å². The molecule has 9 nitrogen and oxygen atoms in total. The molecule has 0 aromatic heterocycles. The maximum absolute atomic E-state index is 8.58. The van der Waals surface area contributed by atoms with E-state index in [0.29, 0.717) is 85.9 Å². The molecule has 0 saturated carbocycles. The number of hydrogen-bond acceptors (Lipinski definition) is 9. The smallest absolute Gasteiger partial charge is 0.0781 e. The molecule has 2 atom stereocenters. The van der Waals surface area contributed by atoms with Gasteiger partial charge in [0.25, 0.3) is 0 Å². The highest BCUT2D eigenvalue weighted by molar-refractivity contribution is 4.53. The van der Waals surface area contributed by atoms with Gasteiger partial charge in [-0.15, -0.1) is 0 Å². The average molecular weight is 553 g/mol. The molecule has 0 saturated heterocycles. The van der Waals surface area contributed by atoms with Crippen LogP contribution in [0.1, 0.15) is 78.6 Å². The maximum atomic E-state index is 8.58. The van der Waals surface area contributed by atoms with Gasteiger partial charge in [-0.1, -0.05) is 58.3 Å². The Morgan fingerprint density at radius 2 is 0.842 bits per heavy atom. The molecule has 0 aromatic rings. The van der Waals surface area contributed by atoms with Crippen LogP contribution in [0.25, 0.3) is 0 Å². The Kier molecular flexibility index (Phi) is 32.5. The van der Waals surface area contributed by atoms with Crippen LogP contribution >= 0.6 is 0 Å². The standard InChI is InChI=1S/C29H60O9/c1-4-5-6-7-8-9-10-11-12-14-36-26-28(2)38-27-29(3)37-25-24-35-23-22-34-21-20-33-19-18-32-17-16-31-15-13-30/h28-30H,4-27H2,1-3H3. The number of unbranched alkanes of at least 4 members (excludes halogenated alkanes) is 8. The van der Waals surface area contributed by atoms with E-state index < -0.39 is 0 Å². The lowest BCUT2D eigenvalue weighted by molar-refractivity contribution is -0.0689. The number of aliphatic hydroxyl groups excluding tert-OH is 1. The first-order valence-electron chi connectivity index (χ1n) is 15.0. The monoisotopic (exact) mass is 552 g/mol. The van der Waals surface area contributed by atoms with Crippen LogP contribution in [-0.4, -0.2) is 116 Å². The third-order valence-corrected chi connectivity index (χ3v) is 5.71. The Hall–Kier alpha value is -0.360. The molecule has 0 bridgehead atoms. The molecule has 2 unspecified atom stereocenters. The Bertz CT molecular complexity index is 429. The van der Waals surface area contributed by atoms with Crippen molar-refractivity contribution in [1.29, 1.82) is 0 Å². The molecule has 230 valence electrons. The number of hydrogen-bond donors (Lipinski definition) is 1. The summed E-state index contributed by atoms with van der Waals surface area (Å²) in [6.07, 6.45) is 12.0. The molecule has 0 amide bonds. The lowest BCUT2D eigenvalue weighted by Gasteiger charge is -2.18. The lowest BCUT2D eigenvalue weighted by Crippen LogP contribution is -2.24. The Balaban J connectivity index is 3.25. The van der Waals surface area contributed by atoms with Gasteiger partial charge in [-0.3, -0.25) is 0 Å². The summed E-state index contributed by atoms with van der Waals surface area (Å²) in [4.78, 5) is 0. The van der Waals surface area contributed by atoms with Crippen LogP contribution in [0.4, 0.5) is 0 Å². The topological polar surface area (TPSA) is 94.1 Å². The predicted octanol–water partition coefficient (Wildman–Crippen LogP) is 4.42. The van der Waals surface area contributed by atoms with Crippen molar-refractivity contribution >= 4 is 0 Å². The summed E-state index contributed by atoms with van der Waals surface area (Å²) in [6.45, 7) is 13.9. The van der Waals surface area contributed by atoms with E-state index in [9.17, 15) is 0 Å². The molecule has 0 spiro atoms. The summed E-state index contributed by atoms with van der Waals surface area (Å²) in [5.74, 6) is 0. The van der Waals surface area contributed by atoms with E-state index in [-0.39, 0.29) is 18.8 Å². The first-order chi connectivity index (χ1) is 18.7. The van der Waals surface area contributed by atoms with Gasteiger partial charge in [-0.2, -0.15) is 0 Å². The van der Waals surface area contributed by atoms with E-state index in [0.717, 1.165) is 13.0 Å². The zero-order chi connectivity index (χ0) is 27.8. The van der Waals surface area contributed by atoms with Gasteiger partial charge >= 0.3 is 0 Å². The Labute approximate surface area is 233 Å². The minimum Gasteiger partial charge on any atom is -0.394 e. The summed E-state index contributed by atoms with van der Waals surface area (Å²) in [5.41, 5.74) is 0. The molecule has 0 aliphatic heterocycles. The van der Waals surface area contributed by atoms with Gasteiger partial charge in [0.05, 0.1) is 105 Å². The average Bonchev–Trinajstić information content (AvgIpc) is 2.92. The molecule has 0 radical (unpaired) electrons. The van der Waals surface area contributed by atoms with E-state index in [1.165, 1.54) is 51.4 Å². The fraction of sp³-hybridized carbons (Fsp3) is 1.00. The van der Waals surface area contributed by atoms with Crippen LogP contribution in [0.5, 0.6) is 0 Å². The second kappa shape index (κ2) is 32.8. The predicted molar refractivity (Wildman–Crippen MR) is 150 cm³/mol. The van der Waals surface area contributed by atoms with Crippen molar-refractivity contribution in [2.45, 2.75) is 90.8 Å². The summed E-state index contributed by atoms with van der Waals surface area (Å²) in [5, 5.41) is 8.58. The van der Waals surface area contributed by atoms with Crippen molar-refractivity contribution in [3.8, 4) is 0 Å². The van der Waals surface area contributed by atoms with Crippen molar-refractivity contribution < 1.29 is 43.0 Å². The molecule has 0 rings (SSSR count).